The molecule has 0 spiro atoms. The zero-order valence-corrected chi connectivity index (χ0v) is 11.7. The van der Waals surface area contributed by atoms with Crippen molar-refractivity contribution in [3.8, 4) is 6.07 Å². The third-order valence-electron chi connectivity index (χ3n) is 2.84. The molecule has 0 saturated heterocycles. The number of carboxylic acid groups (broad SMARTS) is 1. The minimum absolute atomic E-state index is 0.0529. The molecule has 0 rings (SSSR count). The number of hydrogen-bond donors (Lipinski definition) is 3. The van der Waals surface area contributed by atoms with Gasteiger partial charge in [-0.2, -0.15) is 5.26 Å². The van der Waals surface area contributed by atoms with Crippen molar-refractivity contribution in [1.29, 1.82) is 5.26 Å². The summed E-state index contributed by atoms with van der Waals surface area (Å²) in [6.07, 6.45) is 1.92. The van der Waals surface area contributed by atoms with Gasteiger partial charge in [0, 0.05) is 13.0 Å². The molecular weight excluding hydrogens is 246 g/mol. The van der Waals surface area contributed by atoms with E-state index in [9.17, 15) is 9.59 Å². The Balaban J connectivity index is 3.64. The van der Waals surface area contributed by atoms with E-state index in [0.29, 0.717) is 25.9 Å². The van der Waals surface area contributed by atoms with Crippen LogP contribution in [0.1, 0.15) is 39.5 Å². The number of nitriles is 1. The number of amides is 1. The number of aliphatic carboxylic acids is 1. The Morgan fingerprint density at radius 2 is 1.95 bits per heavy atom. The highest BCUT2D eigenvalue weighted by molar-refractivity contribution is 5.77. The van der Waals surface area contributed by atoms with E-state index in [0.717, 1.165) is 6.42 Å². The Hall–Kier alpha value is -1.61. The van der Waals surface area contributed by atoms with Gasteiger partial charge in [0.1, 0.15) is 0 Å². The number of carboxylic acids is 1. The van der Waals surface area contributed by atoms with Crippen molar-refractivity contribution in [2.24, 2.45) is 5.41 Å². The lowest BCUT2D eigenvalue weighted by molar-refractivity contribution is -0.137. The predicted molar refractivity (Wildman–Crippen MR) is 71.4 cm³/mol. The van der Waals surface area contributed by atoms with Gasteiger partial charge in [-0.25, -0.2) is 0 Å². The summed E-state index contributed by atoms with van der Waals surface area (Å²) in [6, 6.07) is 1.95. The molecule has 0 aliphatic carbocycles. The molecule has 0 bridgehead atoms. The SMILES string of the molecule is CC(C)(CCNCC(=O)NCCC#N)CCC(=O)O. The topological polar surface area (TPSA) is 102 Å². The van der Waals surface area contributed by atoms with E-state index in [1.54, 1.807) is 0 Å². The second-order valence-electron chi connectivity index (χ2n) is 5.24. The third kappa shape index (κ3) is 11.2. The van der Waals surface area contributed by atoms with E-state index in [1.165, 1.54) is 0 Å². The molecule has 19 heavy (non-hydrogen) atoms. The number of nitrogens with one attached hydrogen (secondary N) is 2. The molecule has 0 aliphatic heterocycles. The van der Waals surface area contributed by atoms with E-state index in [2.05, 4.69) is 10.6 Å². The highest BCUT2D eigenvalue weighted by Crippen LogP contribution is 2.25. The molecular formula is C13H23N3O3. The molecule has 0 unspecified atom stereocenters. The smallest absolute Gasteiger partial charge is 0.303 e. The van der Waals surface area contributed by atoms with Crippen LogP contribution in [0.2, 0.25) is 0 Å². The van der Waals surface area contributed by atoms with Crippen molar-refractivity contribution in [2.75, 3.05) is 19.6 Å². The molecule has 0 fully saturated rings. The fourth-order valence-electron chi connectivity index (χ4n) is 1.52. The fourth-order valence-corrected chi connectivity index (χ4v) is 1.52. The number of nitrogens with zero attached hydrogens (tertiary/aromatic N) is 1. The molecule has 0 saturated carbocycles. The Bertz CT molecular complexity index is 335. The van der Waals surface area contributed by atoms with E-state index >= 15 is 0 Å². The maximum absolute atomic E-state index is 11.3. The van der Waals surface area contributed by atoms with Crippen LogP contribution in [0.15, 0.2) is 0 Å². The molecule has 3 N–H and O–H groups in total. The zero-order chi connectivity index (χ0) is 14.7. The normalized spacial score (nSPS) is 10.8. The van der Waals surface area contributed by atoms with Crippen molar-refractivity contribution < 1.29 is 14.7 Å². The van der Waals surface area contributed by atoms with E-state index in [1.807, 2.05) is 19.9 Å². The number of carbonyl (C=O) groups excluding carboxylic acids is 1. The number of hydrogen-bond acceptors (Lipinski definition) is 4. The highest BCUT2D eigenvalue weighted by atomic mass is 16.4. The van der Waals surface area contributed by atoms with E-state index in [4.69, 9.17) is 10.4 Å². The Kier molecular flexibility index (Phi) is 8.55. The standard InChI is InChI=1S/C13H23N3O3/c1-13(2,5-4-12(18)19)6-9-15-10-11(17)16-8-3-7-14/h15H,3-6,8-10H2,1-2H3,(H,16,17)(H,18,19). The second-order valence-corrected chi connectivity index (χ2v) is 5.24. The Labute approximate surface area is 114 Å². The first kappa shape index (κ1) is 17.4. The summed E-state index contributed by atoms with van der Waals surface area (Å²) in [6.45, 7) is 5.30. The lowest BCUT2D eigenvalue weighted by Gasteiger charge is -2.23. The Morgan fingerprint density at radius 1 is 1.26 bits per heavy atom. The average molecular weight is 269 g/mol. The van der Waals surface area contributed by atoms with Gasteiger partial charge in [-0.15, -0.1) is 0 Å². The maximum atomic E-state index is 11.3. The van der Waals surface area contributed by atoms with Gasteiger partial charge in [0.25, 0.3) is 0 Å². The Morgan fingerprint density at radius 3 is 2.53 bits per heavy atom. The van der Waals surface area contributed by atoms with Crippen molar-refractivity contribution in [2.45, 2.75) is 39.5 Å². The first-order valence-corrected chi connectivity index (χ1v) is 6.43. The summed E-state index contributed by atoms with van der Waals surface area (Å²) in [5.41, 5.74) is -0.0529. The van der Waals surface area contributed by atoms with Crippen LogP contribution >= 0.6 is 0 Å². The average Bonchev–Trinajstić information content (AvgIpc) is 2.33. The third-order valence-corrected chi connectivity index (χ3v) is 2.84. The van der Waals surface area contributed by atoms with Gasteiger partial charge in [0.2, 0.25) is 5.91 Å². The largest absolute Gasteiger partial charge is 0.481 e. The lowest BCUT2D eigenvalue weighted by atomic mass is 9.84. The summed E-state index contributed by atoms with van der Waals surface area (Å²) < 4.78 is 0. The monoisotopic (exact) mass is 269 g/mol. The summed E-state index contributed by atoms with van der Waals surface area (Å²) in [4.78, 5) is 21.8. The first-order chi connectivity index (χ1) is 8.87. The molecule has 0 radical (unpaired) electrons. The summed E-state index contributed by atoms with van der Waals surface area (Å²) in [5, 5.41) is 22.6. The molecule has 6 nitrogen and oxygen atoms in total. The van der Waals surface area contributed by atoms with Crippen LogP contribution in [0.25, 0.3) is 0 Å². The van der Waals surface area contributed by atoms with Crippen LogP contribution in [0.3, 0.4) is 0 Å². The van der Waals surface area contributed by atoms with Gasteiger partial charge in [-0.1, -0.05) is 13.8 Å². The van der Waals surface area contributed by atoms with Crippen LogP contribution in [0.5, 0.6) is 0 Å². The van der Waals surface area contributed by atoms with Crippen LogP contribution in [-0.2, 0) is 9.59 Å². The number of rotatable bonds is 10. The summed E-state index contributed by atoms with van der Waals surface area (Å²) in [7, 11) is 0. The van der Waals surface area contributed by atoms with Crippen LogP contribution in [-0.4, -0.2) is 36.6 Å². The highest BCUT2D eigenvalue weighted by Gasteiger charge is 2.18. The van der Waals surface area contributed by atoms with E-state index < -0.39 is 5.97 Å². The van der Waals surface area contributed by atoms with Gasteiger partial charge in [0.15, 0.2) is 0 Å². The molecule has 0 aromatic heterocycles. The van der Waals surface area contributed by atoms with Crippen molar-refractivity contribution in [3.63, 3.8) is 0 Å². The van der Waals surface area contributed by atoms with Gasteiger partial charge in [0.05, 0.1) is 19.0 Å². The zero-order valence-electron chi connectivity index (χ0n) is 11.7. The first-order valence-electron chi connectivity index (χ1n) is 6.43. The minimum Gasteiger partial charge on any atom is -0.481 e. The summed E-state index contributed by atoms with van der Waals surface area (Å²) in [5.74, 6) is -0.906. The molecule has 1 amide bonds. The molecule has 108 valence electrons. The molecule has 0 atom stereocenters. The molecule has 0 aromatic rings. The molecule has 0 heterocycles. The fraction of sp³-hybridized carbons (Fsp3) is 0.769. The van der Waals surface area contributed by atoms with Gasteiger partial charge in [-0.05, 0) is 24.8 Å². The minimum atomic E-state index is -0.780. The summed E-state index contributed by atoms with van der Waals surface area (Å²) >= 11 is 0. The number of carbonyl (C=O) groups is 2. The molecule has 6 heteroatoms. The van der Waals surface area contributed by atoms with Crippen LogP contribution in [0.4, 0.5) is 0 Å². The van der Waals surface area contributed by atoms with Crippen molar-refractivity contribution in [3.05, 3.63) is 0 Å². The van der Waals surface area contributed by atoms with Gasteiger partial charge >= 0.3 is 5.97 Å². The van der Waals surface area contributed by atoms with Crippen LogP contribution < -0.4 is 10.6 Å². The van der Waals surface area contributed by atoms with Crippen molar-refractivity contribution >= 4 is 11.9 Å². The van der Waals surface area contributed by atoms with Crippen LogP contribution in [0, 0.1) is 16.7 Å². The lowest BCUT2D eigenvalue weighted by Crippen LogP contribution is -2.35. The molecule has 0 aromatic carbocycles. The second kappa shape index (κ2) is 9.34. The van der Waals surface area contributed by atoms with Crippen molar-refractivity contribution in [1.82, 2.24) is 10.6 Å². The quantitative estimate of drug-likeness (QED) is 0.511. The maximum Gasteiger partial charge on any atom is 0.303 e. The predicted octanol–water partition coefficient (Wildman–Crippen LogP) is 0.887. The van der Waals surface area contributed by atoms with Gasteiger partial charge in [-0.3, -0.25) is 9.59 Å². The van der Waals surface area contributed by atoms with Gasteiger partial charge < -0.3 is 15.7 Å². The van der Waals surface area contributed by atoms with E-state index in [-0.39, 0.29) is 24.3 Å². The molecule has 0 aliphatic rings.